The SMILES string of the molecule is CC(C)CC1CCNc2cc(C(F)(F)F)ccc21. The molecule has 0 spiro atoms. The first-order valence-corrected chi connectivity index (χ1v) is 6.33. The van der Waals surface area contributed by atoms with Gasteiger partial charge in [-0.05, 0) is 42.4 Å². The summed E-state index contributed by atoms with van der Waals surface area (Å²) in [5.74, 6) is 0.937. The Bertz CT molecular complexity index is 424. The average molecular weight is 257 g/mol. The fourth-order valence-corrected chi connectivity index (χ4v) is 2.59. The maximum absolute atomic E-state index is 12.6. The van der Waals surface area contributed by atoms with Crippen LogP contribution in [0.5, 0.6) is 0 Å². The van der Waals surface area contributed by atoms with E-state index in [-0.39, 0.29) is 0 Å². The van der Waals surface area contributed by atoms with E-state index >= 15 is 0 Å². The van der Waals surface area contributed by atoms with Gasteiger partial charge in [-0.15, -0.1) is 0 Å². The normalized spacial score (nSPS) is 19.6. The predicted molar refractivity (Wildman–Crippen MR) is 66.7 cm³/mol. The fraction of sp³-hybridized carbons (Fsp3) is 0.571. The summed E-state index contributed by atoms with van der Waals surface area (Å²) >= 11 is 0. The molecule has 100 valence electrons. The zero-order chi connectivity index (χ0) is 13.3. The van der Waals surface area contributed by atoms with Gasteiger partial charge in [0, 0.05) is 12.2 Å². The lowest BCUT2D eigenvalue weighted by Gasteiger charge is -2.28. The number of rotatable bonds is 2. The van der Waals surface area contributed by atoms with Gasteiger partial charge in [0.05, 0.1) is 5.56 Å². The number of halogens is 3. The van der Waals surface area contributed by atoms with Crippen molar-refractivity contribution in [3.05, 3.63) is 29.3 Å². The molecule has 0 amide bonds. The zero-order valence-corrected chi connectivity index (χ0v) is 10.6. The molecule has 0 fully saturated rings. The monoisotopic (exact) mass is 257 g/mol. The molecular weight excluding hydrogens is 239 g/mol. The summed E-state index contributed by atoms with van der Waals surface area (Å²) in [5.41, 5.74) is 1.11. The molecule has 1 atom stereocenters. The minimum Gasteiger partial charge on any atom is -0.385 e. The van der Waals surface area contributed by atoms with Crippen LogP contribution in [0.25, 0.3) is 0 Å². The molecular formula is C14H18F3N. The summed E-state index contributed by atoms with van der Waals surface area (Å²) in [6.07, 6.45) is -2.24. The van der Waals surface area contributed by atoms with E-state index in [1.54, 1.807) is 6.07 Å². The highest BCUT2D eigenvalue weighted by atomic mass is 19.4. The molecule has 1 nitrogen and oxygen atoms in total. The molecule has 0 aromatic heterocycles. The summed E-state index contributed by atoms with van der Waals surface area (Å²) in [6.45, 7) is 5.04. The first-order valence-electron chi connectivity index (χ1n) is 6.33. The third kappa shape index (κ3) is 2.79. The lowest BCUT2D eigenvalue weighted by Crippen LogP contribution is -2.19. The average Bonchev–Trinajstić information content (AvgIpc) is 2.27. The van der Waals surface area contributed by atoms with Crippen LogP contribution in [0.15, 0.2) is 18.2 Å². The summed E-state index contributed by atoms with van der Waals surface area (Å²) in [5, 5.41) is 3.08. The van der Waals surface area contributed by atoms with Gasteiger partial charge in [0.25, 0.3) is 0 Å². The van der Waals surface area contributed by atoms with Crippen molar-refractivity contribution in [2.45, 2.75) is 38.8 Å². The first kappa shape index (κ1) is 13.2. The van der Waals surface area contributed by atoms with Gasteiger partial charge in [-0.1, -0.05) is 19.9 Å². The van der Waals surface area contributed by atoms with Crippen LogP contribution in [0.1, 0.15) is 43.7 Å². The van der Waals surface area contributed by atoms with Crippen LogP contribution in [0.2, 0.25) is 0 Å². The molecule has 1 aromatic carbocycles. The Morgan fingerprint density at radius 1 is 1.33 bits per heavy atom. The third-order valence-corrected chi connectivity index (χ3v) is 3.38. The molecule has 0 aliphatic carbocycles. The number of fused-ring (bicyclic) bond motifs is 1. The first-order chi connectivity index (χ1) is 8.38. The van der Waals surface area contributed by atoms with Crippen LogP contribution < -0.4 is 5.32 Å². The third-order valence-electron chi connectivity index (χ3n) is 3.38. The van der Waals surface area contributed by atoms with E-state index in [0.717, 1.165) is 24.9 Å². The Hall–Kier alpha value is -1.19. The van der Waals surface area contributed by atoms with Crippen LogP contribution in [-0.2, 0) is 6.18 Å². The van der Waals surface area contributed by atoms with Gasteiger partial charge in [0.2, 0.25) is 0 Å². The topological polar surface area (TPSA) is 12.0 Å². The van der Waals surface area contributed by atoms with Crippen molar-refractivity contribution in [3.63, 3.8) is 0 Å². The fourth-order valence-electron chi connectivity index (χ4n) is 2.59. The van der Waals surface area contributed by atoms with Crippen molar-refractivity contribution in [1.82, 2.24) is 0 Å². The minimum absolute atomic E-state index is 0.378. The van der Waals surface area contributed by atoms with Crippen LogP contribution in [0.3, 0.4) is 0 Å². The maximum Gasteiger partial charge on any atom is 0.416 e. The van der Waals surface area contributed by atoms with Crippen LogP contribution in [0, 0.1) is 5.92 Å². The van der Waals surface area contributed by atoms with E-state index < -0.39 is 11.7 Å². The number of alkyl halides is 3. The number of nitrogens with one attached hydrogen (secondary N) is 1. The lowest BCUT2D eigenvalue weighted by molar-refractivity contribution is -0.137. The number of hydrogen-bond donors (Lipinski definition) is 1. The molecule has 0 saturated heterocycles. The van der Waals surface area contributed by atoms with Gasteiger partial charge in [0.1, 0.15) is 0 Å². The highest BCUT2D eigenvalue weighted by molar-refractivity contribution is 5.57. The quantitative estimate of drug-likeness (QED) is 0.813. The molecule has 4 heteroatoms. The highest BCUT2D eigenvalue weighted by Gasteiger charge is 2.32. The van der Waals surface area contributed by atoms with Gasteiger partial charge in [0.15, 0.2) is 0 Å². The van der Waals surface area contributed by atoms with Crippen molar-refractivity contribution < 1.29 is 13.2 Å². The van der Waals surface area contributed by atoms with Gasteiger partial charge < -0.3 is 5.32 Å². The van der Waals surface area contributed by atoms with E-state index in [1.165, 1.54) is 12.1 Å². The molecule has 18 heavy (non-hydrogen) atoms. The molecule has 0 bridgehead atoms. The molecule has 1 aromatic rings. The Labute approximate surface area is 105 Å². The molecule has 1 heterocycles. The lowest BCUT2D eigenvalue weighted by atomic mass is 9.84. The van der Waals surface area contributed by atoms with Gasteiger partial charge in [-0.3, -0.25) is 0 Å². The second kappa shape index (κ2) is 4.82. The van der Waals surface area contributed by atoms with Gasteiger partial charge in [-0.25, -0.2) is 0 Å². The summed E-state index contributed by atoms with van der Waals surface area (Å²) < 4.78 is 37.9. The summed E-state index contributed by atoms with van der Waals surface area (Å²) in [6, 6.07) is 4.07. The van der Waals surface area contributed by atoms with Crippen LogP contribution >= 0.6 is 0 Å². The Kier molecular flexibility index (Phi) is 3.55. The van der Waals surface area contributed by atoms with Crippen molar-refractivity contribution in [2.75, 3.05) is 11.9 Å². The summed E-state index contributed by atoms with van der Waals surface area (Å²) in [4.78, 5) is 0. The molecule has 1 aliphatic rings. The standard InChI is InChI=1S/C14H18F3N/c1-9(2)7-10-5-6-18-13-8-11(14(15,16)17)3-4-12(10)13/h3-4,8-10,18H,5-7H2,1-2H3. The van der Waals surface area contributed by atoms with Crippen molar-refractivity contribution in [2.24, 2.45) is 5.92 Å². The molecule has 1 unspecified atom stereocenters. The molecule has 1 aliphatic heterocycles. The van der Waals surface area contributed by atoms with E-state index in [4.69, 9.17) is 0 Å². The molecule has 0 saturated carbocycles. The highest BCUT2D eigenvalue weighted by Crippen LogP contribution is 2.39. The van der Waals surface area contributed by atoms with Gasteiger partial charge >= 0.3 is 6.18 Å². The van der Waals surface area contributed by atoms with E-state index in [0.29, 0.717) is 17.5 Å². The van der Waals surface area contributed by atoms with Crippen LogP contribution in [0.4, 0.5) is 18.9 Å². The van der Waals surface area contributed by atoms with E-state index in [2.05, 4.69) is 19.2 Å². The Balaban J connectivity index is 2.31. The number of benzene rings is 1. The number of anilines is 1. The largest absolute Gasteiger partial charge is 0.416 e. The van der Waals surface area contributed by atoms with Crippen molar-refractivity contribution in [3.8, 4) is 0 Å². The van der Waals surface area contributed by atoms with Crippen molar-refractivity contribution >= 4 is 5.69 Å². The molecule has 0 radical (unpaired) electrons. The second-order valence-electron chi connectivity index (χ2n) is 5.34. The zero-order valence-electron chi connectivity index (χ0n) is 10.6. The minimum atomic E-state index is -4.26. The Morgan fingerprint density at radius 2 is 2.06 bits per heavy atom. The smallest absolute Gasteiger partial charge is 0.385 e. The number of hydrogen-bond acceptors (Lipinski definition) is 1. The van der Waals surface area contributed by atoms with Crippen molar-refractivity contribution in [1.29, 1.82) is 0 Å². The van der Waals surface area contributed by atoms with E-state index in [9.17, 15) is 13.2 Å². The second-order valence-corrected chi connectivity index (χ2v) is 5.34. The molecule has 2 rings (SSSR count). The Morgan fingerprint density at radius 3 is 2.67 bits per heavy atom. The van der Waals surface area contributed by atoms with E-state index in [1.807, 2.05) is 0 Å². The van der Waals surface area contributed by atoms with Gasteiger partial charge in [-0.2, -0.15) is 13.2 Å². The molecule has 1 N–H and O–H groups in total. The summed E-state index contributed by atoms with van der Waals surface area (Å²) in [7, 11) is 0. The predicted octanol–water partition coefficient (Wildman–Crippen LogP) is 4.65. The van der Waals surface area contributed by atoms with Crippen LogP contribution in [-0.4, -0.2) is 6.54 Å². The maximum atomic E-state index is 12.6.